The van der Waals surface area contributed by atoms with E-state index >= 15 is 0 Å². The minimum Gasteiger partial charge on any atom is -0.491 e. The van der Waals surface area contributed by atoms with Crippen LogP contribution < -0.4 is 19.5 Å². The van der Waals surface area contributed by atoms with Gasteiger partial charge in [-0.3, -0.25) is 4.79 Å². The van der Waals surface area contributed by atoms with Crippen molar-refractivity contribution in [1.82, 2.24) is 5.32 Å². The Hall–Kier alpha value is -3.85. The monoisotopic (exact) mass is 719 g/mol. The van der Waals surface area contributed by atoms with Gasteiger partial charge >= 0.3 is 5.97 Å². The number of halogens is 2. The molecule has 3 aromatic rings. The first-order valence-electron chi connectivity index (χ1n) is 17.3. The van der Waals surface area contributed by atoms with Gasteiger partial charge in [-0.1, -0.05) is 24.3 Å². The molecule has 0 aliphatic rings. The first-order chi connectivity index (χ1) is 24.9. The third-order valence-corrected chi connectivity index (χ3v) is 7.12. The molecule has 3 aromatic carbocycles. The van der Waals surface area contributed by atoms with Crippen molar-refractivity contribution >= 4 is 5.97 Å². The number of unbranched alkanes of at least 4 members (excludes halogenated alkanes) is 1. The summed E-state index contributed by atoms with van der Waals surface area (Å²) in [6, 6.07) is 17.1. The predicted molar refractivity (Wildman–Crippen MR) is 186 cm³/mol. The number of ether oxygens (including phenoxy) is 8. The van der Waals surface area contributed by atoms with E-state index in [1.165, 1.54) is 24.3 Å². The minimum absolute atomic E-state index is 0.0419. The van der Waals surface area contributed by atoms with Crippen LogP contribution in [0.25, 0.3) is 0 Å². The summed E-state index contributed by atoms with van der Waals surface area (Å²) < 4.78 is 71.2. The number of rotatable bonds is 29. The van der Waals surface area contributed by atoms with Crippen molar-refractivity contribution < 1.29 is 56.6 Å². The Bertz CT molecular complexity index is 1350. The average molecular weight is 720 g/mol. The summed E-state index contributed by atoms with van der Waals surface area (Å²) in [4.78, 5) is 11.3. The zero-order valence-electron chi connectivity index (χ0n) is 29.3. The van der Waals surface area contributed by atoms with Crippen molar-refractivity contribution in [3.63, 3.8) is 0 Å². The number of hydrogen-bond donors (Lipinski definition) is 2. The Kier molecular flexibility index (Phi) is 21.2. The van der Waals surface area contributed by atoms with Gasteiger partial charge in [0.05, 0.1) is 52.9 Å². The van der Waals surface area contributed by atoms with Crippen molar-refractivity contribution in [2.75, 3.05) is 79.2 Å². The lowest BCUT2D eigenvalue weighted by molar-refractivity contribution is -0.143. The van der Waals surface area contributed by atoms with E-state index in [1.54, 1.807) is 49.4 Å². The molecule has 0 saturated carbocycles. The third kappa shape index (κ3) is 19.4. The second-order valence-corrected chi connectivity index (χ2v) is 11.3. The number of hydrogen-bond acceptors (Lipinski definition) is 11. The highest BCUT2D eigenvalue weighted by atomic mass is 19.1. The first-order valence-corrected chi connectivity index (χ1v) is 17.3. The molecule has 2 N–H and O–H groups in total. The fourth-order valence-electron chi connectivity index (χ4n) is 4.43. The third-order valence-electron chi connectivity index (χ3n) is 7.12. The molecule has 0 aromatic heterocycles. The summed E-state index contributed by atoms with van der Waals surface area (Å²) in [6.45, 7) is 7.31. The van der Waals surface area contributed by atoms with Gasteiger partial charge in [0, 0.05) is 32.2 Å². The lowest BCUT2D eigenvalue weighted by atomic mass is 10.2. The fourth-order valence-corrected chi connectivity index (χ4v) is 4.43. The van der Waals surface area contributed by atoms with Gasteiger partial charge in [0.15, 0.2) is 11.5 Å². The van der Waals surface area contributed by atoms with E-state index in [0.717, 1.165) is 24.0 Å². The molecule has 0 amide bonds. The highest BCUT2D eigenvalue weighted by molar-refractivity contribution is 5.69. The summed E-state index contributed by atoms with van der Waals surface area (Å²) in [5.41, 5.74) is 1.55. The molecule has 0 spiro atoms. The van der Waals surface area contributed by atoms with Crippen LogP contribution in [0.3, 0.4) is 0 Å². The largest absolute Gasteiger partial charge is 0.491 e. The van der Waals surface area contributed by atoms with Crippen LogP contribution in [0.1, 0.15) is 37.3 Å². The Balaban J connectivity index is 1.22. The van der Waals surface area contributed by atoms with Crippen LogP contribution >= 0.6 is 0 Å². The average Bonchev–Trinajstić information content (AvgIpc) is 3.13. The van der Waals surface area contributed by atoms with Gasteiger partial charge in [-0.05, 0) is 67.3 Å². The van der Waals surface area contributed by atoms with E-state index < -0.39 is 6.10 Å². The first kappa shape index (κ1) is 41.6. The van der Waals surface area contributed by atoms with E-state index in [0.29, 0.717) is 96.2 Å². The molecule has 51 heavy (non-hydrogen) atoms. The minimum atomic E-state index is -0.770. The maximum atomic E-state index is 13.3. The molecule has 0 bridgehead atoms. The van der Waals surface area contributed by atoms with E-state index in [1.807, 2.05) is 0 Å². The zero-order valence-corrected chi connectivity index (χ0v) is 29.3. The SMILES string of the molecule is CCOC(=O)CCCCOCCOCCOCCOCCNCC(O)COc1ccc(OCc2ccc(F)cc2)c(OCc2ccc(F)cc2)c1. The molecule has 0 fully saturated rings. The molecule has 0 heterocycles. The highest BCUT2D eigenvalue weighted by Crippen LogP contribution is 2.33. The van der Waals surface area contributed by atoms with Crippen molar-refractivity contribution in [1.29, 1.82) is 0 Å². The summed E-state index contributed by atoms with van der Waals surface area (Å²) in [7, 11) is 0. The Morgan fingerprint density at radius 2 is 1.24 bits per heavy atom. The molecule has 0 aliphatic heterocycles. The predicted octanol–water partition coefficient (Wildman–Crippen LogP) is 5.25. The van der Waals surface area contributed by atoms with Gasteiger partial charge in [-0.2, -0.15) is 0 Å². The molecule has 282 valence electrons. The lowest BCUT2D eigenvalue weighted by Gasteiger charge is -2.17. The van der Waals surface area contributed by atoms with Crippen LogP contribution in [-0.2, 0) is 41.7 Å². The Labute approximate surface area is 299 Å². The van der Waals surface area contributed by atoms with Gasteiger partial charge in [0.2, 0.25) is 0 Å². The second-order valence-electron chi connectivity index (χ2n) is 11.3. The van der Waals surface area contributed by atoms with E-state index in [-0.39, 0.29) is 37.4 Å². The number of esters is 1. The zero-order chi connectivity index (χ0) is 36.4. The molecule has 1 unspecified atom stereocenters. The van der Waals surface area contributed by atoms with Crippen molar-refractivity contribution in [3.8, 4) is 17.2 Å². The number of aliphatic hydroxyl groups is 1. The lowest BCUT2D eigenvalue weighted by Crippen LogP contribution is -2.33. The smallest absolute Gasteiger partial charge is 0.305 e. The number of aliphatic hydroxyl groups excluding tert-OH is 1. The Morgan fingerprint density at radius 3 is 1.82 bits per heavy atom. The maximum absolute atomic E-state index is 13.3. The summed E-state index contributed by atoms with van der Waals surface area (Å²) in [5, 5.41) is 13.5. The number of nitrogens with one attached hydrogen (secondary N) is 1. The quantitative estimate of drug-likeness (QED) is 0.0723. The van der Waals surface area contributed by atoms with Crippen molar-refractivity contribution in [3.05, 3.63) is 89.5 Å². The molecule has 13 heteroatoms. The molecule has 3 rings (SSSR count). The normalized spacial score (nSPS) is 11.7. The molecule has 0 saturated heterocycles. The topological polar surface area (TPSA) is 123 Å². The number of benzene rings is 3. The molecule has 0 radical (unpaired) electrons. The molecule has 1 atom stereocenters. The van der Waals surface area contributed by atoms with Crippen LogP contribution in [0.5, 0.6) is 17.2 Å². The summed E-state index contributed by atoms with van der Waals surface area (Å²) in [5.74, 6) is 0.496. The van der Waals surface area contributed by atoms with E-state index in [9.17, 15) is 18.7 Å². The summed E-state index contributed by atoms with van der Waals surface area (Å²) in [6.07, 6.45) is 1.21. The van der Waals surface area contributed by atoms with Crippen molar-refractivity contribution in [2.45, 2.75) is 45.5 Å². The standard InChI is InChI=1S/C38H51F2NO10/c1-2-48-38(43)5-3-4-17-44-19-21-46-23-24-47-22-20-45-18-16-41-26-34(42)29-49-35-14-15-36(50-27-30-6-10-32(39)11-7-30)37(25-35)51-28-31-8-12-33(40)13-9-31/h6-15,25,34,41-42H,2-5,16-24,26-29H2,1H3. The van der Waals surface area contributed by atoms with Crippen LogP contribution in [-0.4, -0.2) is 96.3 Å². The summed E-state index contributed by atoms with van der Waals surface area (Å²) >= 11 is 0. The van der Waals surface area contributed by atoms with E-state index in [2.05, 4.69) is 5.32 Å². The van der Waals surface area contributed by atoms with Crippen LogP contribution in [0.15, 0.2) is 66.7 Å². The van der Waals surface area contributed by atoms with Gasteiger partial charge < -0.3 is 48.3 Å². The fraction of sp³-hybridized carbons (Fsp3) is 0.500. The van der Waals surface area contributed by atoms with Gasteiger partial charge in [-0.25, -0.2) is 8.78 Å². The molecular weight excluding hydrogens is 668 g/mol. The van der Waals surface area contributed by atoms with Gasteiger partial charge in [-0.15, -0.1) is 0 Å². The van der Waals surface area contributed by atoms with Crippen LogP contribution in [0.4, 0.5) is 8.78 Å². The van der Waals surface area contributed by atoms with Crippen LogP contribution in [0.2, 0.25) is 0 Å². The van der Waals surface area contributed by atoms with Crippen molar-refractivity contribution in [2.24, 2.45) is 0 Å². The maximum Gasteiger partial charge on any atom is 0.305 e. The van der Waals surface area contributed by atoms with Crippen LogP contribution in [0, 0.1) is 11.6 Å². The van der Waals surface area contributed by atoms with Gasteiger partial charge in [0.25, 0.3) is 0 Å². The number of carbonyl (C=O) groups excluding carboxylic acids is 1. The molecule has 0 aliphatic carbocycles. The molecule has 11 nitrogen and oxygen atoms in total. The number of carbonyl (C=O) groups is 1. The van der Waals surface area contributed by atoms with E-state index in [4.69, 9.17) is 37.9 Å². The second kappa shape index (κ2) is 26.0. The van der Waals surface area contributed by atoms with Gasteiger partial charge in [0.1, 0.15) is 43.3 Å². The highest BCUT2D eigenvalue weighted by Gasteiger charge is 2.12. The Morgan fingerprint density at radius 1 is 0.686 bits per heavy atom. The molecular formula is C38H51F2NO10.